The van der Waals surface area contributed by atoms with Crippen LogP contribution in [0.2, 0.25) is 0 Å². The number of H-pyrrole nitrogens is 1. The minimum absolute atomic E-state index is 0.0180. The second-order valence-electron chi connectivity index (χ2n) is 5.24. The van der Waals surface area contributed by atoms with Crippen molar-refractivity contribution < 1.29 is 13.2 Å². The third-order valence-corrected chi connectivity index (χ3v) is 6.49. The highest BCUT2D eigenvalue weighted by molar-refractivity contribution is 7.99. The molecule has 2 aromatic rings. The number of rotatable bonds is 6. The van der Waals surface area contributed by atoms with Gasteiger partial charge in [-0.3, -0.25) is 4.79 Å². The number of carbonyl (C=O) groups is 1. The number of hydrogen-bond donors (Lipinski definition) is 1. The number of Topliss-reactive ketones (excluding diaryl/α,β-unsaturated/α-hetero) is 1. The van der Waals surface area contributed by atoms with Crippen LogP contribution < -0.4 is 0 Å². The Morgan fingerprint density at radius 1 is 1.26 bits per heavy atom. The van der Waals surface area contributed by atoms with Crippen molar-refractivity contribution in [1.82, 2.24) is 14.3 Å². The smallest absolute Gasteiger partial charge is 0.244 e. The SMILES string of the molecule is O=C(CSc1ccc(S(=O)(=O)N2CCCC2)cn1)c1ccc[nH]1. The van der Waals surface area contributed by atoms with Gasteiger partial charge < -0.3 is 4.98 Å². The Morgan fingerprint density at radius 2 is 2.04 bits per heavy atom. The molecule has 3 rings (SSSR count). The molecule has 0 atom stereocenters. The van der Waals surface area contributed by atoms with Crippen LogP contribution in [0.25, 0.3) is 0 Å². The van der Waals surface area contributed by atoms with Crippen LogP contribution in [0, 0.1) is 0 Å². The van der Waals surface area contributed by atoms with Gasteiger partial charge in [0.2, 0.25) is 10.0 Å². The minimum Gasteiger partial charge on any atom is -0.359 e. The maximum atomic E-state index is 12.4. The zero-order valence-electron chi connectivity index (χ0n) is 12.4. The third-order valence-electron chi connectivity index (χ3n) is 3.66. The summed E-state index contributed by atoms with van der Waals surface area (Å²) in [5.41, 5.74) is 0.561. The molecular weight excluding hydrogens is 334 g/mol. The first-order valence-electron chi connectivity index (χ1n) is 7.33. The molecular formula is C15H17N3O3S2. The van der Waals surface area contributed by atoms with E-state index in [-0.39, 0.29) is 16.4 Å². The van der Waals surface area contributed by atoms with E-state index in [0.29, 0.717) is 23.8 Å². The Bertz CT molecular complexity index is 765. The summed E-state index contributed by atoms with van der Waals surface area (Å²) < 4.78 is 26.3. The maximum Gasteiger partial charge on any atom is 0.244 e. The molecule has 1 N–H and O–H groups in total. The average molecular weight is 351 g/mol. The summed E-state index contributed by atoms with van der Waals surface area (Å²) in [6.07, 6.45) is 4.88. The van der Waals surface area contributed by atoms with Crippen LogP contribution in [-0.2, 0) is 10.0 Å². The maximum absolute atomic E-state index is 12.4. The minimum atomic E-state index is -3.43. The highest BCUT2D eigenvalue weighted by Gasteiger charge is 2.27. The van der Waals surface area contributed by atoms with Gasteiger partial charge in [-0.15, -0.1) is 0 Å². The number of nitrogens with zero attached hydrogens (tertiary/aromatic N) is 2. The van der Waals surface area contributed by atoms with Crippen molar-refractivity contribution in [1.29, 1.82) is 0 Å². The molecule has 0 amide bonds. The van der Waals surface area contributed by atoms with E-state index in [9.17, 15) is 13.2 Å². The van der Waals surface area contributed by atoms with Gasteiger partial charge in [-0.2, -0.15) is 4.31 Å². The number of thioether (sulfide) groups is 1. The fourth-order valence-electron chi connectivity index (χ4n) is 2.40. The first-order valence-corrected chi connectivity index (χ1v) is 9.75. The van der Waals surface area contributed by atoms with E-state index >= 15 is 0 Å². The van der Waals surface area contributed by atoms with E-state index < -0.39 is 10.0 Å². The summed E-state index contributed by atoms with van der Waals surface area (Å²) in [7, 11) is -3.43. The number of ketones is 1. The molecule has 23 heavy (non-hydrogen) atoms. The topological polar surface area (TPSA) is 83.1 Å². The van der Waals surface area contributed by atoms with Crippen LogP contribution in [0.5, 0.6) is 0 Å². The van der Waals surface area contributed by atoms with E-state index in [1.54, 1.807) is 30.5 Å². The van der Waals surface area contributed by atoms with Gasteiger partial charge in [0.05, 0.1) is 16.5 Å². The van der Waals surface area contributed by atoms with Crippen LogP contribution in [0.3, 0.4) is 0 Å². The molecule has 0 bridgehead atoms. The average Bonchev–Trinajstić information content (AvgIpc) is 3.25. The Morgan fingerprint density at radius 3 is 2.65 bits per heavy atom. The normalized spacial score (nSPS) is 15.8. The summed E-state index contributed by atoms with van der Waals surface area (Å²) >= 11 is 1.29. The van der Waals surface area contributed by atoms with E-state index in [1.807, 2.05) is 0 Å². The van der Waals surface area contributed by atoms with Crippen molar-refractivity contribution in [2.45, 2.75) is 22.8 Å². The molecule has 6 nitrogen and oxygen atoms in total. The van der Waals surface area contributed by atoms with Crippen molar-refractivity contribution in [3.8, 4) is 0 Å². The molecule has 0 aliphatic carbocycles. The number of aromatic nitrogens is 2. The molecule has 0 unspecified atom stereocenters. The lowest BCUT2D eigenvalue weighted by molar-refractivity contribution is 0.101. The predicted molar refractivity (Wildman–Crippen MR) is 88.1 cm³/mol. The largest absolute Gasteiger partial charge is 0.359 e. The molecule has 1 fully saturated rings. The third kappa shape index (κ3) is 3.65. The number of pyridine rings is 1. The Kier molecular flexibility index (Phi) is 4.84. The molecule has 1 aliphatic heterocycles. The number of carbonyl (C=O) groups excluding carboxylic acids is 1. The van der Waals surface area contributed by atoms with Gasteiger partial charge in [0.25, 0.3) is 0 Å². The van der Waals surface area contributed by atoms with Gasteiger partial charge in [0.15, 0.2) is 5.78 Å². The van der Waals surface area contributed by atoms with Gasteiger partial charge >= 0.3 is 0 Å². The lowest BCUT2D eigenvalue weighted by Crippen LogP contribution is -2.27. The first kappa shape index (κ1) is 16.2. The molecule has 0 aromatic carbocycles. The van der Waals surface area contributed by atoms with Gasteiger partial charge in [0, 0.05) is 25.5 Å². The second kappa shape index (κ2) is 6.86. The fourth-order valence-corrected chi connectivity index (χ4v) is 4.59. The molecule has 122 valence electrons. The summed E-state index contributed by atoms with van der Waals surface area (Å²) in [6.45, 7) is 1.15. The quantitative estimate of drug-likeness (QED) is 0.637. The van der Waals surface area contributed by atoms with Crippen molar-refractivity contribution in [3.63, 3.8) is 0 Å². The number of hydrogen-bond acceptors (Lipinski definition) is 5. The van der Waals surface area contributed by atoms with Crippen molar-refractivity contribution >= 4 is 27.6 Å². The summed E-state index contributed by atoms with van der Waals surface area (Å²) in [4.78, 5) is 19.1. The zero-order chi connectivity index (χ0) is 16.3. The van der Waals surface area contributed by atoms with Gasteiger partial charge in [0.1, 0.15) is 4.90 Å². The molecule has 0 saturated carbocycles. The summed E-state index contributed by atoms with van der Waals surface area (Å²) in [5, 5.41) is 0.630. The Hall–Kier alpha value is -1.64. The van der Waals surface area contributed by atoms with Crippen LogP contribution in [0.1, 0.15) is 23.3 Å². The first-order chi connectivity index (χ1) is 11.1. The second-order valence-corrected chi connectivity index (χ2v) is 8.17. The summed E-state index contributed by atoms with van der Waals surface area (Å²) in [6, 6.07) is 6.70. The van der Waals surface area contributed by atoms with Crippen LogP contribution in [0.4, 0.5) is 0 Å². The molecule has 8 heteroatoms. The van der Waals surface area contributed by atoms with E-state index in [4.69, 9.17) is 0 Å². The van der Waals surface area contributed by atoms with E-state index in [2.05, 4.69) is 9.97 Å². The Labute approximate surface area is 139 Å². The number of nitrogens with one attached hydrogen (secondary N) is 1. The van der Waals surface area contributed by atoms with Crippen molar-refractivity contribution in [2.24, 2.45) is 0 Å². The fraction of sp³-hybridized carbons (Fsp3) is 0.333. The molecule has 0 radical (unpaired) electrons. The highest BCUT2D eigenvalue weighted by atomic mass is 32.2. The van der Waals surface area contributed by atoms with Gasteiger partial charge in [-0.1, -0.05) is 11.8 Å². The van der Waals surface area contributed by atoms with Crippen LogP contribution in [-0.4, -0.2) is 47.3 Å². The van der Waals surface area contributed by atoms with Crippen molar-refractivity contribution in [3.05, 3.63) is 42.4 Å². The zero-order valence-corrected chi connectivity index (χ0v) is 14.1. The van der Waals surface area contributed by atoms with Crippen LogP contribution >= 0.6 is 11.8 Å². The number of sulfonamides is 1. The summed E-state index contributed by atoms with van der Waals surface area (Å²) in [5.74, 6) is 0.238. The molecule has 1 aliphatic rings. The number of aromatic amines is 1. The molecule has 3 heterocycles. The van der Waals surface area contributed by atoms with Crippen LogP contribution in [0.15, 0.2) is 46.6 Å². The molecule has 2 aromatic heterocycles. The monoisotopic (exact) mass is 351 g/mol. The highest BCUT2D eigenvalue weighted by Crippen LogP contribution is 2.22. The van der Waals surface area contributed by atoms with E-state index in [0.717, 1.165) is 12.8 Å². The van der Waals surface area contributed by atoms with Gasteiger partial charge in [-0.25, -0.2) is 13.4 Å². The van der Waals surface area contributed by atoms with E-state index in [1.165, 1.54) is 22.3 Å². The predicted octanol–water partition coefficient (Wildman–Crippen LogP) is 2.17. The van der Waals surface area contributed by atoms with Crippen molar-refractivity contribution in [2.75, 3.05) is 18.8 Å². The molecule has 0 spiro atoms. The molecule has 1 saturated heterocycles. The lowest BCUT2D eigenvalue weighted by Gasteiger charge is -2.15. The van der Waals surface area contributed by atoms with Gasteiger partial charge in [-0.05, 0) is 37.1 Å². The lowest BCUT2D eigenvalue weighted by atomic mass is 10.3. The standard InChI is InChI=1S/C15H17N3O3S2/c19-14(13-4-3-7-16-13)11-22-15-6-5-12(10-17-15)23(20,21)18-8-1-2-9-18/h3-7,10,16H,1-2,8-9,11H2. The Balaban J connectivity index is 1.64.